The monoisotopic (exact) mass is 333 g/mol. The van der Waals surface area contributed by atoms with Crippen LogP contribution in [-0.4, -0.2) is 51.7 Å². The van der Waals surface area contributed by atoms with Crippen molar-refractivity contribution in [1.29, 1.82) is 0 Å². The van der Waals surface area contributed by atoms with E-state index in [1.165, 1.54) is 12.8 Å². The summed E-state index contributed by atoms with van der Waals surface area (Å²) in [6, 6.07) is 2.67. The Morgan fingerprint density at radius 1 is 1.17 bits per heavy atom. The molecule has 2 heterocycles. The lowest BCUT2D eigenvalue weighted by atomic mass is 10.1. The van der Waals surface area contributed by atoms with Gasteiger partial charge in [-0.05, 0) is 46.5 Å². The topological polar surface area (TPSA) is 79.4 Å². The fourth-order valence-electron chi connectivity index (χ4n) is 2.75. The Hall–Kier alpha value is -2.05. The normalized spacial score (nSPS) is 21.3. The minimum Gasteiger partial charge on any atom is -0.444 e. The first-order valence-electron chi connectivity index (χ1n) is 8.72. The van der Waals surface area contributed by atoms with E-state index in [2.05, 4.69) is 20.6 Å². The molecule has 1 aliphatic carbocycles. The fraction of sp³-hybridized carbons (Fsp3) is 0.706. The highest BCUT2D eigenvalue weighted by atomic mass is 16.6. The van der Waals surface area contributed by atoms with E-state index in [1.54, 1.807) is 11.2 Å². The lowest BCUT2D eigenvalue weighted by molar-refractivity contribution is 0.0206. The van der Waals surface area contributed by atoms with Crippen LogP contribution in [0.5, 0.6) is 0 Å². The number of hydrogen-bond donors (Lipinski definition) is 2. The molecule has 0 aromatic carbocycles. The molecule has 1 amide bonds. The van der Waals surface area contributed by atoms with Gasteiger partial charge >= 0.3 is 6.09 Å². The summed E-state index contributed by atoms with van der Waals surface area (Å²) in [6.45, 7) is 7.04. The van der Waals surface area contributed by atoms with Crippen LogP contribution in [0.25, 0.3) is 0 Å². The molecule has 0 radical (unpaired) electrons. The molecule has 7 heteroatoms. The van der Waals surface area contributed by atoms with Crippen molar-refractivity contribution < 1.29 is 9.53 Å². The number of rotatable bonds is 4. The van der Waals surface area contributed by atoms with Crippen molar-refractivity contribution in [3.05, 3.63) is 12.4 Å². The van der Waals surface area contributed by atoms with E-state index < -0.39 is 5.60 Å². The van der Waals surface area contributed by atoms with Crippen LogP contribution in [0.4, 0.5) is 16.4 Å². The Kier molecular flexibility index (Phi) is 4.78. The molecule has 132 valence electrons. The van der Waals surface area contributed by atoms with Crippen LogP contribution in [0, 0.1) is 0 Å². The number of nitrogens with zero attached hydrogens (tertiary/aromatic N) is 3. The maximum atomic E-state index is 12.2. The summed E-state index contributed by atoms with van der Waals surface area (Å²) >= 11 is 0. The number of ether oxygens (including phenoxy) is 1. The average molecular weight is 333 g/mol. The van der Waals surface area contributed by atoms with Gasteiger partial charge in [0.15, 0.2) is 0 Å². The molecule has 0 bridgehead atoms. The van der Waals surface area contributed by atoms with Gasteiger partial charge in [0.05, 0.1) is 0 Å². The smallest absolute Gasteiger partial charge is 0.410 e. The number of anilines is 2. The highest BCUT2D eigenvalue weighted by Crippen LogP contribution is 2.24. The summed E-state index contributed by atoms with van der Waals surface area (Å²) in [5.41, 5.74) is -0.465. The number of amides is 1. The van der Waals surface area contributed by atoms with Gasteiger partial charge in [0.2, 0.25) is 0 Å². The zero-order valence-corrected chi connectivity index (χ0v) is 14.7. The highest BCUT2D eigenvalue weighted by Gasteiger charge is 2.28. The molecule has 1 atom stereocenters. The zero-order chi connectivity index (χ0) is 17.2. The van der Waals surface area contributed by atoms with Gasteiger partial charge in [0.1, 0.15) is 23.6 Å². The van der Waals surface area contributed by atoms with E-state index in [0.29, 0.717) is 12.6 Å². The summed E-state index contributed by atoms with van der Waals surface area (Å²) in [7, 11) is 0. The van der Waals surface area contributed by atoms with Crippen molar-refractivity contribution in [3.8, 4) is 0 Å². The zero-order valence-electron chi connectivity index (χ0n) is 14.7. The first-order chi connectivity index (χ1) is 11.4. The van der Waals surface area contributed by atoms with E-state index in [-0.39, 0.29) is 12.1 Å². The van der Waals surface area contributed by atoms with Crippen molar-refractivity contribution in [3.63, 3.8) is 0 Å². The lowest BCUT2D eigenvalue weighted by Crippen LogP contribution is -2.47. The Labute approximate surface area is 143 Å². The van der Waals surface area contributed by atoms with Crippen LogP contribution >= 0.6 is 0 Å². The molecule has 2 fully saturated rings. The van der Waals surface area contributed by atoms with E-state index >= 15 is 0 Å². The van der Waals surface area contributed by atoms with Gasteiger partial charge in [0, 0.05) is 31.2 Å². The molecule has 1 saturated heterocycles. The predicted molar refractivity (Wildman–Crippen MR) is 93.1 cm³/mol. The second-order valence-electron chi connectivity index (χ2n) is 7.62. The molecule has 1 aromatic rings. The molecule has 0 unspecified atom stereocenters. The first-order valence-corrected chi connectivity index (χ1v) is 8.72. The second kappa shape index (κ2) is 6.83. The number of hydrogen-bond acceptors (Lipinski definition) is 6. The van der Waals surface area contributed by atoms with Crippen molar-refractivity contribution >= 4 is 17.7 Å². The summed E-state index contributed by atoms with van der Waals surface area (Å²) in [5, 5.41) is 6.79. The number of aromatic nitrogens is 2. The number of nitrogens with one attached hydrogen (secondary N) is 2. The van der Waals surface area contributed by atoms with Crippen LogP contribution < -0.4 is 10.6 Å². The van der Waals surface area contributed by atoms with Gasteiger partial charge in [-0.15, -0.1) is 0 Å². The van der Waals surface area contributed by atoms with Crippen molar-refractivity contribution in [1.82, 2.24) is 14.9 Å². The Balaban J connectivity index is 1.56. The third-order valence-electron chi connectivity index (χ3n) is 4.02. The van der Waals surface area contributed by atoms with Gasteiger partial charge in [-0.1, -0.05) is 0 Å². The van der Waals surface area contributed by atoms with Crippen LogP contribution in [0.3, 0.4) is 0 Å². The standard InChI is InChI=1S/C17H27N5O2/c1-17(2,3)24-16(23)22-8-4-5-13(10-22)21-15-9-14(18-11-19-15)20-12-6-7-12/h9,11-13H,4-8,10H2,1-3H3,(H2,18,19,20,21)/t13-/m0/s1. The largest absolute Gasteiger partial charge is 0.444 e. The third kappa shape index (κ3) is 4.97. The molecule has 2 aliphatic rings. The highest BCUT2D eigenvalue weighted by molar-refractivity contribution is 5.68. The molecule has 1 aliphatic heterocycles. The Morgan fingerprint density at radius 2 is 1.83 bits per heavy atom. The minimum absolute atomic E-state index is 0.176. The van der Waals surface area contributed by atoms with Gasteiger partial charge in [-0.25, -0.2) is 14.8 Å². The van der Waals surface area contributed by atoms with Crippen molar-refractivity contribution in [2.24, 2.45) is 0 Å². The minimum atomic E-state index is -0.465. The maximum absolute atomic E-state index is 12.2. The first kappa shape index (κ1) is 16.8. The predicted octanol–water partition coefficient (Wildman–Crippen LogP) is 2.86. The molecule has 1 saturated carbocycles. The van der Waals surface area contributed by atoms with E-state index in [0.717, 1.165) is 31.0 Å². The Morgan fingerprint density at radius 3 is 2.46 bits per heavy atom. The summed E-state index contributed by atoms with van der Waals surface area (Å²) < 4.78 is 5.47. The fourth-order valence-corrected chi connectivity index (χ4v) is 2.75. The lowest BCUT2D eigenvalue weighted by Gasteiger charge is -2.34. The quantitative estimate of drug-likeness (QED) is 0.882. The summed E-state index contributed by atoms with van der Waals surface area (Å²) in [5.74, 6) is 1.65. The SMILES string of the molecule is CC(C)(C)OC(=O)N1CCC[C@H](Nc2cc(NC3CC3)ncn2)C1. The van der Waals surface area contributed by atoms with Crippen molar-refractivity contribution in [2.45, 2.75) is 64.1 Å². The molecule has 24 heavy (non-hydrogen) atoms. The van der Waals surface area contributed by atoms with Crippen molar-refractivity contribution in [2.75, 3.05) is 23.7 Å². The molecule has 2 N–H and O–H groups in total. The summed E-state index contributed by atoms with van der Waals surface area (Å²) in [4.78, 5) is 22.6. The Bertz CT molecular complexity index is 583. The molecule has 3 rings (SSSR count). The molecule has 1 aromatic heterocycles. The van der Waals surface area contributed by atoms with E-state index in [9.17, 15) is 4.79 Å². The van der Waals surface area contributed by atoms with Gasteiger partial charge in [0.25, 0.3) is 0 Å². The van der Waals surface area contributed by atoms with Crippen LogP contribution in [-0.2, 0) is 4.74 Å². The van der Waals surface area contributed by atoms with Crippen LogP contribution in [0.1, 0.15) is 46.5 Å². The second-order valence-corrected chi connectivity index (χ2v) is 7.62. The van der Waals surface area contributed by atoms with Gasteiger partial charge < -0.3 is 20.3 Å². The van der Waals surface area contributed by atoms with E-state index in [1.807, 2.05) is 26.8 Å². The molecule has 0 spiro atoms. The van der Waals surface area contributed by atoms with E-state index in [4.69, 9.17) is 4.74 Å². The number of likely N-dealkylation sites (tertiary alicyclic amines) is 1. The molecular formula is C17H27N5O2. The summed E-state index contributed by atoms with van der Waals surface area (Å²) in [6.07, 6.45) is 5.71. The number of carbonyl (C=O) groups is 1. The average Bonchev–Trinajstić information content (AvgIpc) is 3.30. The maximum Gasteiger partial charge on any atom is 0.410 e. The van der Waals surface area contributed by atoms with Gasteiger partial charge in [-0.3, -0.25) is 0 Å². The van der Waals surface area contributed by atoms with Crippen LogP contribution in [0.2, 0.25) is 0 Å². The van der Waals surface area contributed by atoms with Gasteiger partial charge in [-0.2, -0.15) is 0 Å². The number of piperidine rings is 1. The third-order valence-corrected chi connectivity index (χ3v) is 4.02. The molecular weight excluding hydrogens is 306 g/mol. The molecule has 7 nitrogen and oxygen atoms in total. The van der Waals surface area contributed by atoms with Crippen LogP contribution in [0.15, 0.2) is 12.4 Å². The number of carbonyl (C=O) groups excluding carboxylic acids is 1.